The molecule has 0 aliphatic carbocycles. The van der Waals surface area contributed by atoms with Crippen LogP contribution >= 0.6 is 23.1 Å². The number of carbonyl (C=O) groups is 1. The summed E-state index contributed by atoms with van der Waals surface area (Å²) in [4.78, 5) is 16.4. The molecule has 0 radical (unpaired) electrons. The summed E-state index contributed by atoms with van der Waals surface area (Å²) in [5, 5.41) is 23.3. The number of nitrogens with zero attached hydrogens (tertiary/aromatic N) is 5. The van der Waals surface area contributed by atoms with Gasteiger partial charge in [0.2, 0.25) is 5.16 Å². The van der Waals surface area contributed by atoms with Crippen LogP contribution in [0.25, 0.3) is 0 Å². The predicted octanol–water partition coefficient (Wildman–Crippen LogP) is 2.15. The number of rotatable bonds is 7. The van der Waals surface area contributed by atoms with E-state index in [0.29, 0.717) is 21.7 Å². The van der Waals surface area contributed by atoms with Crippen molar-refractivity contribution in [3.8, 4) is 0 Å². The van der Waals surface area contributed by atoms with Crippen LogP contribution in [0.5, 0.6) is 0 Å². The van der Waals surface area contributed by atoms with Gasteiger partial charge in [-0.15, -0.1) is 21.5 Å². The summed E-state index contributed by atoms with van der Waals surface area (Å²) in [7, 11) is 0. The molecule has 9 heteroatoms. The van der Waals surface area contributed by atoms with Crippen molar-refractivity contribution in [1.82, 2.24) is 25.2 Å². The summed E-state index contributed by atoms with van der Waals surface area (Å²) in [6.45, 7) is 0.652. The first-order valence-corrected chi connectivity index (χ1v) is 8.54. The molecular weight excluding hydrogens is 334 g/mol. The van der Waals surface area contributed by atoms with E-state index < -0.39 is 5.97 Å². The van der Waals surface area contributed by atoms with Crippen molar-refractivity contribution in [1.29, 1.82) is 0 Å². The van der Waals surface area contributed by atoms with Crippen LogP contribution in [0.2, 0.25) is 0 Å². The topological polar surface area (TPSA) is 93.8 Å². The highest BCUT2D eigenvalue weighted by Gasteiger charge is 2.11. The van der Waals surface area contributed by atoms with E-state index >= 15 is 0 Å². The Labute approximate surface area is 140 Å². The minimum atomic E-state index is -0.892. The molecule has 0 aliphatic rings. The highest BCUT2D eigenvalue weighted by Crippen LogP contribution is 2.27. The lowest BCUT2D eigenvalue weighted by molar-refractivity contribution is -0.136. The molecule has 0 amide bonds. The maximum atomic E-state index is 10.6. The number of carboxylic acid groups (broad SMARTS) is 1. The van der Waals surface area contributed by atoms with Gasteiger partial charge < -0.3 is 5.11 Å². The van der Waals surface area contributed by atoms with Gasteiger partial charge in [0.15, 0.2) is 4.34 Å². The fraction of sp³-hybridized carbons (Fsp3) is 0.214. The van der Waals surface area contributed by atoms with Gasteiger partial charge in [0.05, 0.1) is 18.7 Å². The van der Waals surface area contributed by atoms with Gasteiger partial charge in [0, 0.05) is 5.38 Å². The van der Waals surface area contributed by atoms with E-state index in [1.807, 2.05) is 18.2 Å². The van der Waals surface area contributed by atoms with Crippen LogP contribution in [-0.2, 0) is 24.2 Å². The molecule has 0 bridgehead atoms. The predicted molar refractivity (Wildman–Crippen MR) is 85.5 cm³/mol. The minimum Gasteiger partial charge on any atom is -0.481 e. The second kappa shape index (κ2) is 7.34. The zero-order valence-corrected chi connectivity index (χ0v) is 13.6. The van der Waals surface area contributed by atoms with Crippen LogP contribution < -0.4 is 0 Å². The maximum Gasteiger partial charge on any atom is 0.309 e. The Balaban J connectivity index is 1.56. The van der Waals surface area contributed by atoms with Gasteiger partial charge in [0.1, 0.15) is 0 Å². The van der Waals surface area contributed by atoms with Gasteiger partial charge >= 0.3 is 5.97 Å². The van der Waals surface area contributed by atoms with E-state index in [1.54, 1.807) is 10.2 Å². The Kier molecular flexibility index (Phi) is 4.99. The Bertz CT molecular complexity index is 787. The van der Waals surface area contributed by atoms with Crippen molar-refractivity contribution in [2.24, 2.45) is 0 Å². The van der Waals surface area contributed by atoms with Crippen LogP contribution in [0.1, 0.15) is 11.3 Å². The van der Waals surface area contributed by atoms with Crippen molar-refractivity contribution < 1.29 is 9.90 Å². The SMILES string of the molecule is O=C(O)Cc1csc(Sc2nnn(CCc3ccccc3)n2)n1. The van der Waals surface area contributed by atoms with Gasteiger partial charge in [-0.2, -0.15) is 4.80 Å². The first kappa shape index (κ1) is 15.6. The Morgan fingerprint density at radius 1 is 1.30 bits per heavy atom. The second-order valence-corrected chi connectivity index (χ2v) is 6.75. The monoisotopic (exact) mass is 347 g/mol. The molecule has 1 N–H and O–H groups in total. The van der Waals surface area contributed by atoms with E-state index in [9.17, 15) is 4.79 Å². The molecule has 1 aromatic carbocycles. The first-order valence-electron chi connectivity index (χ1n) is 6.85. The molecule has 0 atom stereocenters. The Morgan fingerprint density at radius 2 is 2.13 bits per heavy atom. The van der Waals surface area contributed by atoms with Crippen molar-refractivity contribution in [3.05, 3.63) is 47.0 Å². The summed E-state index contributed by atoms with van der Waals surface area (Å²) >= 11 is 2.66. The number of tetrazole rings is 1. The van der Waals surface area contributed by atoms with Crippen LogP contribution in [0.15, 0.2) is 45.2 Å². The smallest absolute Gasteiger partial charge is 0.309 e. The maximum absolute atomic E-state index is 10.6. The number of carboxylic acids is 1. The average Bonchev–Trinajstić information content (AvgIpc) is 3.16. The first-order chi connectivity index (χ1) is 11.2. The van der Waals surface area contributed by atoms with Crippen molar-refractivity contribution in [2.75, 3.05) is 0 Å². The number of hydrogen-bond donors (Lipinski definition) is 1. The Morgan fingerprint density at radius 3 is 2.91 bits per heavy atom. The van der Waals surface area contributed by atoms with E-state index in [0.717, 1.165) is 6.42 Å². The van der Waals surface area contributed by atoms with E-state index in [1.165, 1.54) is 28.7 Å². The number of benzene rings is 1. The van der Waals surface area contributed by atoms with Crippen molar-refractivity contribution in [3.63, 3.8) is 0 Å². The third-order valence-electron chi connectivity index (χ3n) is 2.92. The Hall–Kier alpha value is -2.26. The fourth-order valence-corrected chi connectivity index (χ4v) is 3.52. The molecule has 3 aromatic rings. The summed E-state index contributed by atoms with van der Waals surface area (Å²) in [6.07, 6.45) is 0.759. The molecule has 0 spiro atoms. The largest absolute Gasteiger partial charge is 0.481 e. The van der Waals surface area contributed by atoms with Crippen molar-refractivity contribution >= 4 is 29.1 Å². The molecule has 23 heavy (non-hydrogen) atoms. The lowest BCUT2D eigenvalue weighted by Gasteiger charge is -1.99. The quantitative estimate of drug-likeness (QED) is 0.700. The molecule has 0 saturated heterocycles. The summed E-state index contributed by atoms with van der Waals surface area (Å²) in [5.74, 6) is -0.892. The molecule has 0 unspecified atom stereocenters. The number of aryl methyl sites for hydroxylation is 2. The van der Waals surface area contributed by atoms with Crippen LogP contribution in [0.4, 0.5) is 0 Å². The molecular formula is C14H13N5O2S2. The van der Waals surface area contributed by atoms with Gasteiger partial charge in [-0.05, 0) is 29.0 Å². The third kappa shape index (κ3) is 4.60. The zero-order chi connectivity index (χ0) is 16.1. The number of hydrogen-bond acceptors (Lipinski definition) is 7. The second-order valence-electron chi connectivity index (χ2n) is 4.68. The van der Waals surface area contributed by atoms with Gasteiger partial charge in [0.25, 0.3) is 0 Å². The zero-order valence-electron chi connectivity index (χ0n) is 12.0. The molecule has 118 valence electrons. The fourth-order valence-electron chi connectivity index (χ4n) is 1.89. The standard InChI is InChI=1S/C14H13N5O2S2/c20-12(21)8-11-9-22-14(15-11)23-13-16-18-19(17-13)7-6-10-4-2-1-3-5-10/h1-5,9H,6-8H2,(H,20,21). The third-order valence-corrected chi connectivity index (χ3v) is 4.75. The van der Waals surface area contributed by atoms with Gasteiger partial charge in [-0.1, -0.05) is 30.3 Å². The number of aliphatic carboxylic acids is 1. The molecule has 2 aromatic heterocycles. The number of aromatic nitrogens is 5. The number of thiazole rings is 1. The normalized spacial score (nSPS) is 10.8. The van der Waals surface area contributed by atoms with Crippen LogP contribution in [0.3, 0.4) is 0 Å². The van der Waals surface area contributed by atoms with E-state index in [-0.39, 0.29) is 6.42 Å². The van der Waals surface area contributed by atoms with Gasteiger partial charge in [-0.3, -0.25) is 4.79 Å². The van der Waals surface area contributed by atoms with Crippen molar-refractivity contribution in [2.45, 2.75) is 28.9 Å². The minimum absolute atomic E-state index is 0.0751. The molecule has 0 saturated carbocycles. The molecule has 2 heterocycles. The van der Waals surface area contributed by atoms with Crippen LogP contribution in [0, 0.1) is 0 Å². The summed E-state index contributed by atoms with van der Waals surface area (Å²) in [5.41, 5.74) is 1.76. The average molecular weight is 347 g/mol. The lowest BCUT2D eigenvalue weighted by Crippen LogP contribution is -2.05. The molecule has 7 nitrogen and oxygen atoms in total. The molecule has 0 fully saturated rings. The van der Waals surface area contributed by atoms with E-state index in [4.69, 9.17) is 5.11 Å². The lowest BCUT2D eigenvalue weighted by atomic mass is 10.2. The summed E-state index contributed by atoms with van der Waals surface area (Å²) < 4.78 is 0.712. The summed E-state index contributed by atoms with van der Waals surface area (Å²) in [6, 6.07) is 10.1. The molecule has 0 aliphatic heterocycles. The van der Waals surface area contributed by atoms with Gasteiger partial charge in [-0.25, -0.2) is 4.98 Å². The molecule has 3 rings (SSSR count). The highest BCUT2D eigenvalue weighted by atomic mass is 32.2. The van der Waals surface area contributed by atoms with E-state index in [2.05, 4.69) is 32.5 Å². The highest BCUT2D eigenvalue weighted by molar-refractivity contribution is 8.00. The van der Waals surface area contributed by atoms with Crippen LogP contribution in [-0.4, -0.2) is 36.3 Å².